The van der Waals surface area contributed by atoms with Gasteiger partial charge >= 0.3 is 0 Å². The molecule has 1 N–H and O–H groups in total. The van der Waals surface area contributed by atoms with Crippen molar-refractivity contribution in [1.82, 2.24) is 5.32 Å². The molecule has 33 heavy (non-hydrogen) atoms. The van der Waals surface area contributed by atoms with Gasteiger partial charge in [-0.1, -0.05) is 53.6 Å². The summed E-state index contributed by atoms with van der Waals surface area (Å²) in [4.78, 5) is 13.1. The maximum absolute atomic E-state index is 13.5. The summed E-state index contributed by atoms with van der Waals surface area (Å²) in [6.07, 6.45) is 0. The predicted octanol–water partition coefficient (Wildman–Crippen LogP) is 5.04. The van der Waals surface area contributed by atoms with Crippen LogP contribution >= 0.6 is 11.6 Å². The SMILES string of the molecule is COc1ccc(N(CC(=O)NC(C)c2ccc(C)cc2C)S(=O)(=O)c2ccccc2)cc1Cl. The highest BCUT2D eigenvalue weighted by Gasteiger charge is 2.28. The monoisotopic (exact) mass is 486 g/mol. The number of methoxy groups -OCH3 is 1. The second-order valence-corrected chi connectivity index (χ2v) is 10.1. The molecule has 0 aliphatic rings. The molecule has 174 valence electrons. The molecular weight excluding hydrogens is 460 g/mol. The number of carbonyl (C=O) groups excluding carboxylic acids is 1. The third-order valence-corrected chi connectivity index (χ3v) is 7.39. The molecule has 0 aromatic heterocycles. The van der Waals surface area contributed by atoms with Crippen LogP contribution in [0.1, 0.15) is 29.7 Å². The Balaban J connectivity index is 1.92. The van der Waals surface area contributed by atoms with Gasteiger partial charge in [0.05, 0.1) is 28.8 Å². The van der Waals surface area contributed by atoms with E-state index in [0.29, 0.717) is 5.75 Å². The van der Waals surface area contributed by atoms with E-state index < -0.39 is 22.5 Å². The lowest BCUT2D eigenvalue weighted by molar-refractivity contribution is -0.120. The van der Waals surface area contributed by atoms with Gasteiger partial charge in [-0.15, -0.1) is 0 Å². The minimum atomic E-state index is -4.03. The van der Waals surface area contributed by atoms with Crippen LogP contribution in [-0.4, -0.2) is 28.0 Å². The highest BCUT2D eigenvalue weighted by molar-refractivity contribution is 7.92. The molecule has 0 aliphatic carbocycles. The van der Waals surface area contributed by atoms with Crippen molar-refractivity contribution >= 4 is 33.2 Å². The van der Waals surface area contributed by atoms with Gasteiger partial charge in [0, 0.05) is 0 Å². The zero-order chi connectivity index (χ0) is 24.2. The molecule has 0 radical (unpaired) electrons. The number of hydrogen-bond donors (Lipinski definition) is 1. The van der Waals surface area contributed by atoms with Gasteiger partial charge < -0.3 is 10.1 Å². The summed E-state index contributed by atoms with van der Waals surface area (Å²) in [6.45, 7) is 5.45. The number of amides is 1. The summed E-state index contributed by atoms with van der Waals surface area (Å²) in [5, 5.41) is 3.16. The summed E-state index contributed by atoms with van der Waals surface area (Å²) >= 11 is 6.25. The van der Waals surface area contributed by atoms with E-state index in [9.17, 15) is 13.2 Å². The summed E-state index contributed by atoms with van der Waals surface area (Å²) in [7, 11) is -2.55. The molecule has 1 unspecified atom stereocenters. The van der Waals surface area contributed by atoms with Gasteiger partial charge in [0.1, 0.15) is 12.3 Å². The average Bonchev–Trinajstić information content (AvgIpc) is 2.77. The van der Waals surface area contributed by atoms with Gasteiger partial charge in [0.15, 0.2) is 0 Å². The van der Waals surface area contributed by atoms with Crippen molar-refractivity contribution in [2.24, 2.45) is 0 Å². The first-order valence-corrected chi connectivity index (χ1v) is 12.2. The van der Waals surface area contributed by atoms with E-state index in [2.05, 4.69) is 5.32 Å². The van der Waals surface area contributed by atoms with E-state index in [1.165, 1.54) is 25.3 Å². The summed E-state index contributed by atoms with van der Waals surface area (Å²) in [5.74, 6) is -0.0284. The minimum Gasteiger partial charge on any atom is -0.495 e. The number of rotatable bonds is 8. The van der Waals surface area contributed by atoms with E-state index in [1.807, 2.05) is 39.0 Å². The predicted molar refractivity (Wildman–Crippen MR) is 131 cm³/mol. The van der Waals surface area contributed by atoms with Gasteiger partial charge in [-0.25, -0.2) is 8.42 Å². The Morgan fingerprint density at radius 1 is 1.06 bits per heavy atom. The first-order valence-electron chi connectivity index (χ1n) is 10.4. The van der Waals surface area contributed by atoms with Crippen molar-refractivity contribution < 1.29 is 17.9 Å². The van der Waals surface area contributed by atoms with E-state index in [-0.39, 0.29) is 21.6 Å². The maximum Gasteiger partial charge on any atom is 0.264 e. The molecule has 3 rings (SSSR count). The molecule has 0 bridgehead atoms. The summed E-state index contributed by atoms with van der Waals surface area (Å²) in [5.41, 5.74) is 3.42. The van der Waals surface area contributed by atoms with Crippen LogP contribution in [0.2, 0.25) is 5.02 Å². The van der Waals surface area contributed by atoms with Gasteiger partial charge in [-0.05, 0) is 62.2 Å². The molecule has 0 aliphatic heterocycles. The van der Waals surface area contributed by atoms with E-state index in [0.717, 1.165) is 21.0 Å². The van der Waals surface area contributed by atoms with Crippen LogP contribution in [0.25, 0.3) is 0 Å². The number of hydrogen-bond acceptors (Lipinski definition) is 4. The summed E-state index contributed by atoms with van der Waals surface area (Å²) in [6, 6.07) is 18.3. The number of nitrogens with zero attached hydrogens (tertiary/aromatic N) is 1. The smallest absolute Gasteiger partial charge is 0.264 e. The Morgan fingerprint density at radius 3 is 2.36 bits per heavy atom. The van der Waals surface area contributed by atoms with Crippen LogP contribution in [0.3, 0.4) is 0 Å². The third kappa shape index (κ3) is 5.67. The zero-order valence-corrected chi connectivity index (χ0v) is 20.6. The lowest BCUT2D eigenvalue weighted by Gasteiger charge is -2.26. The van der Waals surface area contributed by atoms with E-state index in [1.54, 1.807) is 30.3 Å². The van der Waals surface area contributed by atoms with Crippen molar-refractivity contribution in [2.75, 3.05) is 18.0 Å². The molecule has 0 heterocycles. The van der Waals surface area contributed by atoms with Gasteiger partial charge in [0.2, 0.25) is 5.91 Å². The fourth-order valence-electron chi connectivity index (χ4n) is 3.65. The fourth-order valence-corrected chi connectivity index (χ4v) is 5.34. The van der Waals surface area contributed by atoms with Crippen LogP contribution in [0.5, 0.6) is 5.75 Å². The Morgan fingerprint density at radius 2 is 1.76 bits per heavy atom. The molecule has 0 saturated heterocycles. The molecule has 3 aromatic rings. The van der Waals surface area contributed by atoms with Crippen LogP contribution in [0.4, 0.5) is 5.69 Å². The lowest BCUT2D eigenvalue weighted by Crippen LogP contribution is -2.41. The molecule has 1 amide bonds. The van der Waals surface area contributed by atoms with Gasteiger partial charge in [-0.3, -0.25) is 9.10 Å². The largest absolute Gasteiger partial charge is 0.495 e. The summed E-state index contributed by atoms with van der Waals surface area (Å²) < 4.78 is 33.1. The second kappa shape index (κ2) is 10.3. The number of halogens is 1. The Hall–Kier alpha value is -3.03. The Kier molecular flexibility index (Phi) is 7.66. The van der Waals surface area contributed by atoms with Crippen LogP contribution < -0.4 is 14.4 Å². The Labute approximate surface area is 200 Å². The number of aryl methyl sites for hydroxylation is 2. The normalized spacial score (nSPS) is 12.2. The number of sulfonamides is 1. The fraction of sp³-hybridized carbons (Fsp3) is 0.240. The highest BCUT2D eigenvalue weighted by Crippen LogP contribution is 2.32. The van der Waals surface area contributed by atoms with Crippen molar-refractivity contribution in [1.29, 1.82) is 0 Å². The topological polar surface area (TPSA) is 75.7 Å². The van der Waals surface area contributed by atoms with Crippen molar-refractivity contribution in [3.63, 3.8) is 0 Å². The molecule has 0 fully saturated rings. The molecule has 6 nitrogen and oxygen atoms in total. The molecule has 0 saturated carbocycles. The number of carbonyl (C=O) groups is 1. The zero-order valence-electron chi connectivity index (χ0n) is 19.0. The molecule has 3 aromatic carbocycles. The number of anilines is 1. The van der Waals surface area contributed by atoms with Crippen LogP contribution in [0.15, 0.2) is 71.6 Å². The standard InChI is InChI=1S/C25H27ClN2O4S/c1-17-10-12-22(18(2)14-17)19(3)27-25(29)16-28(20-11-13-24(32-4)23(26)15-20)33(30,31)21-8-6-5-7-9-21/h5-15,19H,16H2,1-4H3,(H,27,29). The first-order chi connectivity index (χ1) is 15.6. The molecule has 1 atom stereocenters. The molecular formula is C25H27ClN2O4S. The third-order valence-electron chi connectivity index (χ3n) is 5.31. The Bertz CT molecular complexity index is 1250. The minimum absolute atomic E-state index is 0.0761. The van der Waals surface area contributed by atoms with Crippen molar-refractivity contribution in [3.05, 3.63) is 88.4 Å². The van der Waals surface area contributed by atoms with Gasteiger partial charge in [0.25, 0.3) is 10.0 Å². The van der Waals surface area contributed by atoms with E-state index >= 15 is 0 Å². The number of benzene rings is 3. The van der Waals surface area contributed by atoms with Crippen molar-refractivity contribution in [2.45, 2.75) is 31.7 Å². The average molecular weight is 487 g/mol. The van der Waals surface area contributed by atoms with Crippen LogP contribution in [0, 0.1) is 13.8 Å². The quantitative estimate of drug-likeness (QED) is 0.484. The first kappa shape index (κ1) is 24.6. The number of nitrogens with one attached hydrogen (secondary N) is 1. The van der Waals surface area contributed by atoms with Crippen molar-refractivity contribution in [3.8, 4) is 5.75 Å². The van der Waals surface area contributed by atoms with Gasteiger partial charge in [-0.2, -0.15) is 0 Å². The lowest BCUT2D eigenvalue weighted by atomic mass is 10.0. The molecule has 8 heteroatoms. The van der Waals surface area contributed by atoms with E-state index in [4.69, 9.17) is 16.3 Å². The number of ether oxygens (including phenoxy) is 1. The molecule has 0 spiro atoms. The van der Waals surface area contributed by atoms with Crippen LogP contribution in [-0.2, 0) is 14.8 Å². The second-order valence-electron chi connectivity index (χ2n) is 7.79. The maximum atomic E-state index is 13.5. The highest BCUT2D eigenvalue weighted by atomic mass is 35.5.